The third kappa shape index (κ3) is 9.06. The SMILES string of the molecule is CC(C)C[SH](CC(C)C)C(N)=S.[Co]. The molecule has 0 atom stereocenters. The first-order valence-electron chi connectivity index (χ1n) is 4.47. The van der Waals surface area contributed by atoms with Crippen molar-refractivity contribution in [3.8, 4) is 0 Å². The summed E-state index contributed by atoms with van der Waals surface area (Å²) in [5, 5.41) is 0. The second-order valence-corrected chi connectivity index (χ2v) is 7.07. The van der Waals surface area contributed by atoms with Crippen molar-refractivity contribution < 1.29 is 16.8 Å². The molecule has 83 valence electrons. The molecule has 0 aromatic carbocycles. The van der Waals surface area contributed by atoms with E-state index >= 15 is 0 Å². The smallest absolute Gasteiger partial charge is 0.111 e. The maximum absolute atomic E-state index is 5.69. The van der Waals surface area contributed by atoms with Crippen molar-refractivity contribution >= 4 is 27.4 Å². The van der Waals surface area contributed by atoms with Crippen LogP contribution in [-0.4, -0.2) is 15.8 Å². The molecule has 0 saturated heterocycles. The fourth-order valence-electron chi connectivity index (χ4n) is 1.14. The van der Waals surface area contributed by atoms with Gasteiger partial charge in [0.1, 0.15) is 4.32 Å². The van der Waals surface area contributed by atoms with Gasteiger partial charge in [0.05, 0.1) is 0 Å². The van der Waals surface area contributed by atoms with Gasteiger partial charge in [0.15, 0.2) is 0 Å². The van der Waals surface area contributed by atoms with Crippen molar-refractivity contribution in [1.29, 1.82) is 0 Å². The minimum absolute atomic E-state index is 0. The summed E-state index contributed by atoms with van der Waals surface area (Å²) in [6.45, 7) is 8.92. The van der Waals surface area contributed by atoms with Gasteiger partial charge in [0.25, 0.3) is 0 Å². The van der Waals surface area contributed by atoms with E-state index in [4.69, 9.17) is 18.0 Å². The predicted molar refractivity (Wildman–Crippen MR) is 65.2 cm³/mol. The molecule has 0 saturated carbocycles. The topological polar surface area (TPSA) is 26.0 Å². The molecule has 0 aromatic heterocycles. The van der Waals surface area contributed by atoms with Crippen LogP contribution in [0.4, 0.5) is 0 Å². The first-order valence-corrected chi connectivity index (χ1v) is 6.60. The van der Waals surface area contributed by atoms with Crippen molar-refractivity contribution in [1.82, 2.24) is 0 Å². The molecule has 0 heterocycles. The second-order valence-electron chi connectivity index (χ2n) is 4.03. The normalized spacial score (nSPS) is 11.4. The van der Waals surface area contributed by atoms with Crippen LogP contribution >= 0.6 is 23.1 Å². The van der Waals surface area contributed by atoms with E-state index in [1.807, 2.05) is 0 Å². The molecule has 0 aliphatic carbocycles. The Balaban J connectivity index is 0. The van der Waals surface area contributed by atoms with Crippen molar-refractivity contribution in [3.63, 3.8) is 0 Å². The molecule has 0 aliphatic rings. The van der Waals surface area contributed by atoms with Crippen LogP contribution in [-0.2, 0) is 16.8 Å². The van der Waals surface area contributed by atoms with Gasteiger partial charge in [0, 0.05) is 16.8 Å². The monoisotopic (exact) mass is 266 g/mol. The fourth-order valence-corrected chi connectivity index (χ4v) is 3.86. The zero-order chi connectivity index (χ0) is 9.72. The van der Waals surface area contributed by atoms with Crippen LogP contribution in [0.3, 0.4) is 0 Å². The average molecular weight is 266 g/mol. The molecule has 4 heteroatoms. The van der Waals surface area contributed by atoms with Crippen molar-refractivity contribution in [3.05, 3.63) is 0 Å². The number of thiol groups is 1. The zero-order valence-corrected chi connectivity index (χ0v) is 11.6. The van der Waals surface area contributed by atoms with Gasteiger partial charge in [-0.2, -0.15) is 0 Å². The average Bonchev–Trinajstić information content (AvgIpc) is 1.83. The predicted octanol–water partition coefficient (Wildman–Crippen LogP) is 2.54. The van der Waals surface area contributed by atoms with E-state index in [2.05, 4.69) is 27.7 Å². The van der Waals surface area contributed by atoms with Gasteiger partial charge in [-0.1, -0.05) is 39.9 Å². The number of rotatable bonds is 4. The summed E-state index contributed by atoms with van der Waals surface area (Å²) in [6.07, 6.45) is 0. The third-order valence-corrected chi connectivity index (χ3v) is 5.22. The van der Waals surface area contributed by atoms with Crippen LogP contribution < -0.4 is 5.73 Å². The van der Waals surface area contributed by atoms with E-state index in [9.17, 15) is 0 Å². The maximum Gasteiger partial charge on any atom is 0.111 e. The molecule has 0 fully saturated rings. The van der Waals surface area contributed by atoms with Crippen molar-refractivity contribution in [2.45, 2.75) is 27.7 Å². The molecule has 13 heavy (non-hydrogen) atoms. The Labute approximate surface area is 101 Å². The maximum atomic E-state index is 5.69. The number of hydrogen-bond acceptors (Lipinski definition) is 1. The first kappa shape index (κ1) is 16.2. The standard InChI is InChI=1S/C9H21NS2.Co/c1-7(2)5-12(9(10)11)6-8(3)4;/h7-8,12H,5-6H2,1-4H3,(H2,10,11);. The van der Waals surface area contributed by atoms with Crippen LogP contribution in [0.2, 0.25) is 0 Å². The van der Waals surface area contributed by atoms with E-state index in [0.29, 0.717) is 0 Å². The number of thiocarbonyl (C=S) groups is 1. The molecular weight excluding hydrogens is 245 g/mol. The Morgan fingerprint density at radius 3 is 1.62 bits per heavy atom. The van der Waals surface area contributed by atoms with Gasteiger partial charge in [0.2, 0.25) is 0 Å². The summed E-state index contributed by atoms with van der Waals surface area (Å²) in [6, 6.07) is 0. The molecule has 0 aliphatic heterocycles. The number of hydrogen-bond donors (Lipinski definition) is 2. The molecule has 0 amide bonds. The van der Waals surface area contributed by atoms with Crippen LogP contribution in [0.1, 0.15) is 27.7 Å². The van der Waals surface area contributed by atoms with E-state index < -0.39 is 0 Å². The Bertz CT molecular complexity index is 139. The largest absolute Gasteiger partial charge is 0.386 e. The van der Waals surface area contributed by atoms with Crippen molar-refractivity contribution in [2.75, 3.05) is 11.5 Å². The minimum atomic E-state index is -0.189. The summed E-state index contributed by atoms with van der Waals surface area (Å²) in [5.41, 5.74) is 5.69. The first-order chi connectivity index (χ1) is 5.43. The fraction of sp³-hybridized carbons (Fsp3) is 0.889. The summed E-state index contributed by atoms with van der Waals surface area (Å²) in [4.78, 5) is 0. The second kappa shape index (κ2) is 8.09. The van der Waals surface area contributed by atoms with E-state index in [1.165, 1.54) is 11.5 Å². The van der Waals surface area contributed by atoms with Gasteiger partial charge in [-0.05, 0) is 23.3 Å². The minimum Gasteiger partial charge on any atom is -0.386 e. The third-order valence-electron chi connectivity index (χ3n) is 1.48. The Hall–Kier alpha value is 0.746. The van der Waals surface area contributed by atoms with E-state index in [-0.39, 0.29) is 27.7 Å². The molecule has 0 aromatic rings. The molecule has 0 spiro atoms. The van der Waals surface area contributed by atoms with Gasteiger partial charge >= 0.3 is 0 Å². The van der Waals surface area contributed by atoms with Crippen LogP contribution in [0, 0.1) is 11.8 Å². The summed E-state index contributed by atoms with van der Waals surface area (Å²) in [5.74, 6) is 3.83. The molecule has 2 N–H and O–H groups in total. The van der Waals surface area contributed by atoms with E-state index in [1.54, 1.807) is 0 Å². The quantitative estimate of drug-likeness (QED) is 0.604. The van der Waals surface area contributed by atoms with E-state index in [0.717, 1.165) is 16.2 Å². The molecule has 1 radical (unpaired) electrons. The van der Waals surface area contributed by atoms with Gasteiger partial charge in [-0.25, -0.2) is 10.9 Å². The molecule has 0 rings (SSSR count). The Morgan fingerprint density at radius 2 is 1.46 bits per heavy atom. The van der Waals surface area contributed by atoms with Crippen LogP contribution in [0.5, 0.6) is 0 Å². The molecular formula is C9H21CoNS2. The number of nitrogens with two attached hydrogens (primary N) is 1. The zero-order valence-electron chi connectivity index (χ0n) is 8.84. The summed E-state index contributed by atoms with van der Waals surface area (Å²) >= 11 is 5.06. The van der Waals surface area contributed by atoms with Crippen LogP contribution in [0.25, 0.3) is 0 Å². The van der Waals surface area contributed by atoms with Crippen molar-refractivity contribution in [2.24, 2.45) is 17.6 Å². The summed E-state index contributed by atoms with van der Waals surface area (Å²) in [7, 11) is -0.189. The molecule has 1 nitrogen and oxygen atoms in total. The molecule has 0 unspecified atom stereocenters. The molecule has 0 bridgehead atoms. The Morgan fingerprint density at radius 1 is 1.15 bits per heavy atom. The summed E-state index contributed by atoms with van der Waals surface area (Å²) < 4.78 is 0.757. The Kier molecular flexibility index (Phi) is 10.1. The van der Waals surface area contributed by atoms with Gasteiger partial charge < -0.3 is 5.73 Å². The van der Waals surface area contributed by atoms with Gasteiger partial charge in [-0.15, -0.1) is 0 Å². The van der Waals surface area contributed by atoms with Crippen LogP contribution in [0.15, 0.2) is 0 Å². The van der Waals surface area contributed by atoms with Gasteiger partial charge in [-0.3, -0.25) is 0 Å².